The van der Waals surface area contributed by atoms with Crippen molar-refractivity contribution in [1.29, 1.82) is 0 Å². The van der Waals surface area contributed by atoms with Gasteiger partial charge in [-0.2, -0.15) is 0 Å². The van der Waals surface area contributed by atoms with Gasteiger partial charge in [0.1, 0.15) is 5.82 Å². The van der Waals surface area contributed by atoms with Gasteiger partial charge in [0.05, 0.1) is 5.92 Å². The summed E-state index contributed by atoms with van der Waals surface area (Å²) in [5, 5.41) is 2.88. The molecule has 0 bridgehead atoms. The van der Waals surface area contributed by atoms with Crippen LogP contribution in [0.15, 0.2) is 24.3 Å². The Labute approximate surface area is 148 Å². The van der Waals surface area contributed by atoms with Gasteiger partial charge >= 0.3 is 0 Å². The van der Waals surface area contributed by atoms with E-state index >= 15 is 0 Å². The van der Waals surface area contributed by atoms with Gasteiger partial charge in [-0.1, -0.05) is 0 Å². The summed E-state index contributed by atoms with van der Waals surface area (Å²) in [7, 11) is 0. The van der Waals surface area contributed by atoms with Crippen LogP contribution in [0.4, 0.5) is 4.39 Å². The summed E-state index contributed by atoms with van der Waals surface area (Å²) in [6, 6.07) is 5.55. The normalized spacial score (nSPS) is 18.5. The number of rotatable bonds is 5. The Bertz CT molecular complexity index is 551. The van der Waals surface area contributed by atoms with E-state index < -0.39 is 0 Å². The number of amides is 2. The number of nitrogens with two attached hydrogens (primary N) is 1. The first-order valence-corrected chi connectivity index (χ1v) is 8.05. The topological polar surface area (TPSA) is 75.4 Å². The van der Waals surface area contributed by atoms with Gasteiger partial charge in [-0.25, -0.2) is 4.39 Å². The van der Waals surface area contributed by atoms with Crippen LogP contribution >= 0.6 is 12.4 Å². The number of hydrogen-bond acceptors (Lipinski definition) is 3. The lowest BCUT2D eigenvalue weighted by Gasteiger charge is -2.32. The Kier molecular flexibility index (Phi) is 8.15. The fraction of sp³-hybridized carbons (Fsp3) is 0.529. The number of nitrogens with one attached hydrogen (secondary N) is 1. The molecule has 1 aliphatic rings. The highest BCUT2D eigenvalue weighted by Gasteiger charge is 2.28. The largest absolute Gasteiger partial charge is 0.356 e. The standard InChI is InChI=1S/C17H24FN3O2.ClH/c1-12(19)8-9-20-16(22)14-3-2-10-21(11-14)17(23)13-4-6-15(18)7-5-13;/h4-7,12,14H,2-3,8-11,19H2,1H3,(H,20,22);1H. The zero-order chi connectivity index (χ0) is 16.8. The minimum absolute atomic E-state index is 0. The molecular formula is C17H25ClFN3O2. The van der Waals surface area contributed by atoms with E-state index in [-0.39, 0.29) is 42.0 Å². The van der Waals surface area contributed by atoms with E-state index in [4.69, 9.17) is 5.73 Å². The highest BCUT2D eigenvalue weighted by atomic mass is 35.5. The molecule has 2 rings (SSSR count). The molecule has 1 saturated heterocycles. The Balaban J connectivity index is 0.00000288. The minimum atomic E-state index is -0.369. The first-order valence-electron chi connectivity index (χ1n) is 8.05. The van der Waals surface area contributed by atoms with Crippen molar-refractivity contribution in [3.05, 3.63) is 35.6 Å². The fourth-order valence-electron chi connectivity index (χ4n) is 2.72. The third-order valence-corrected chi connectivity index (χ3v) is 4.07. The molecular weight excluding hydrogens is 333 g/mol. The summed E-state index contributed by atoms with van der Waals surface area (Å²) in [6.45, 7) is 3.48. The summed E-state index contributed by atoms with van der Waals surface area (Å²) >= 11 is 0. The average Bonchev–Trinajstić information content (AvgIpc) is 2.54. The van der Waals surface area contributed by atoms with Gasteiger partial charge in [-0.05, 0) is 50.5 Å². The fourth-order valence-corrected chi connectivity index (χ4v) is 2.72. The Morgan fingerprint density at radius 3 is 2.67 bits per heavy atom. The number of carbonyl (C=O) groups is 2. The Morgan fingerprint density at radius 1 is 1.38 bits per heavy atom. The van der Waals surface area contributed by atoms with Crippen molar-refractivity contribution in [2.24, 2.45) is 11.7 Å². The second-order valence-electron chi connectivity index (χ2n) is 6.15. The predicted octanol–water partition coefficient (Wildman–Crippen LogP) is 1.95. The maximum Gasteiger partial charge on any atom is 0.253 e. The smallest absolute Gasteiger partial charge is 0.253 e. The molecule has 0 spiro atoms. The van der Waals surface area contributed by atoms with Crippen LogP contribution in [0, 0.1) is 11.7 Å². The highest BCUT2D eigenvalue weighted by molar-refractivity contribution is 5.94. The molecule has 1 aromatic carbocycles. The molecule has 2 amide bonds. The number of likely N-dealkylation sites (tertiary alicyclic amines) is 1. The number of carbonyl (C=O) groups excluding carboxylic acids is 2. The molecule has 1 aliphatic heterocycles. The van der Waals surface area contributed by atoms with Gasteiger partial charge in [-0.3, -0.25) is 9.59 Å². The van der Waals surface area contributed by atoms with Crippen LogP contribution in [0.1, 0.15) is 36.5 Å². The van der Waals surface area contributed by atoms with E-state index in [1.165, 1.54) is 24.3 Å². The van der Waals surface area contributed by atoms with Crippen LogP contribution in [-0.4, -0.2) is 42.4 Å². The monoisotopic (exact) mass is 357 g/mol. The maximum atomic E-state index is 12.9. The van der Waals surface area contributed by atoms with E-state index in [2.05, 4.69) is 5.32 Å². The highest BCUT2D eigenvalue weighted by Crippen LogP contribution is 2.19. The van der Waals surface area contributed by atoms with Gasteiger partial charge < -0.3 is 16.0 Å². The Morgan fingerprint density at radius 2 is 2.04 bits per heavy atom. The number of halogens is 2. The molecule has 0 aliphatic carbocycles. The lowest BCUT2D eigenvalue weighted by molar-refractivity contribution is -0.126. The molecule has 5 nitrogen and oxygen atoms in total. The molecule has 1 aromatic rings. The van der Waals surface area contributed by atoms with Crippen LogP contribution in [0.3, 0.4) is 0 Å². The molecule has 2 atom stereocenters. The van der Waals surface area contributed by atoms with Crippen LogP contribution in [0.2, 0.25) is 0 Å². The van der Waals surface area contributed by atoms with Gasteiger partial charge in [0.25, 0.3) is 5.91 Å². The van der Waals surface area contributed by atoms with Gasteiger partial charge in [0, 0.05) is 31.2 Å². The predicted molar refractivity (Wildman–Crippen MR) is 93.6 cm³/mol. The van der Waals surface area contributed by atoms with Gasteiger partial charge in [-0.15, -0.1) is 12.4 Å². The zero-order valence-electron chi connectivity index (χ0n) is 13.8. The zero-order valence-corrected chi connectivity index (χ0v) is 14.7. The molecule has 134 valence electrons. The van der Waals surface area contributed by atoms with Crippen LogP contribution in [0.25, 0.3) is 0 Å². The molecule has 0 aromatic heterocycles. The minimum Gasteiger partial charge on any atom is -0.356 e. The lowest BCUT2D eigenvalue weighted by Crippen LogP contribution is -2.45. The van der Waals surface area contributed by atoms with E-state index in [0.29, 0.717) is 25.2 Å². The number of benzene rings is 1. The Hall–Kier alpha value is -1.66. The van der Waals surface area contributed by atoms with Crippen LogP contribution < -0.4 is 11.1 Å². The molecule has 1 heterocycles. The molecule has 0 radical (unpaired) electrons. The van der Waals surface area contributed by atoms with Crippen molar-refractivity contribution in [3.63, 3.8) is 0 Å². The third-order valence-electron chi connectivity index (χ3n) is 4.07. The van der Waals surface area contributed by atoms with Crippen molar-refractivity contribution < 1.29 is 14.0 Å². The average molecular weight is 358 g/mol. The van der Waals surface area contributed by atoms with E-state index in [0.717, 1.165) is 19.3 Å². The summed E-state index contributed by atoms with van der Waals surface area (Å²) in [5.74, 6) is -0.742. The summed E-state index contributed by atoms with van der Waals surface area (Å²) in [5.41, 5.74) is 6.11. The van der Waals surface area contributed by atoms with E-state index in [1.54, 1.807) is 4.90 Å². The molecule has 0 saturated carbocycles. The molecule has 1 fully saturated rings. The molecule has 7 heteroatoms. The van der Waals surface area contributed by atoms with Crippen molar-refractivity contribution in [3.8, 4) is 0 Å². The van der Waals surface area contributed by atoms with Gasteiger partial charge in [0.15, 0.2) is 0 Å². The first kappa shape index (κ1) is 20.4. The van der Waals surface area contributed by atoms with Gasteiger partial charge in [0.2, 0.25) is 5.91 Å². The number of hydrogen-bond donors (Lipinski definition) is 2. The number of piperidine rings is 1. The van der Waals surface area contributed by atoms with E-state index in [1.807, 2.05) is 6.92 Å². The molecule has 3 N–H and O–H groups in total. The summed E-state index contributed by atoms with van der Waals surface area (Å²) in [6.07, 6.45) is 2.30. The lowest BCUT2D eigenvalue weighted by atomic mass is 9.96. The molecule has 24 heavy (non-hydrogen) atoms. The van der Waals surface area contributed by atoms with E-state index in [9.17, 15) is 14.0 Å². The first-order chi connectivity index (χ1) is 11.0. The molecule has 2 unspecified atom stereocenters. The van der Waals surface area contributed by atoms with Crippen molar-refractivity contribution in [2.75, 3.05) is 19.6 Å². The summed E-state index contributed by atoms with van der Waals surface area (Å²) < 4.78 is 12.9. The second-order valence-corrected chi connectivity index (χ2v) is 6.15. The third kappa shape index (κ3) is 5.76. The maximum absolute atomic E-state index is 12.9. The SMILES string of the molecule is CC(N)CCNC(=O)C1CCCN(C(=O)c2ccc(F)cc2)C1.Cl. The van der Waals surface area contributed by atoms with Crippen LogP contribution in [0.5, 0.6) is 0 Å². The van der Waals surface area contributed by atoms with Crippen molar-refractivity contribution in [1.82, 2.24) is 10.2 Å². The second kappa shape index (κ2) is 9.59. The quantitative estimate of drug-likeness (QED) is 0.845. The van der Waals surface area contributed by atoms with Crippen molar-refractivity contribution >= 4 is 24.2 Å². The van der Waals surface area contributed by atoms with Crippen molar-refractivity contribution in [2.45, 2.75) is 32.2 Å². The van der Waals surface area contributed by atoms with Crippen LogP contribution in [-0.2, 0) is 4.79 Å². The number of nitrogens with zero attached hydrogens (tertiary/aromatic N) is 1. The summed E-state index contributed by atoms with van der Waals surface area (Å²) in [4.78, 5) is 26.3.